The van der Waals surface area contributed by atoms with Crippen LogP contribution in [-0.2, 0) is 6.61 Å². The van der Waals surface area contributed by atoms with Crippen LogP contribution in [-0.4, -0.2) is 12.1 Å². The molecule has 0 bridgehead atoms. The number of hydrogen-bond donors (Lipinski definition) is 0. The molecular weight excluding hydrogens is 346 g/mol. The highest BCUT2D eigenvalue weighted by atomic mass is 16.5. The van der Waals surface area contributed by atoms with Crippen molar-refractivity contribution in [2.45, 2.75) is 6.61 Å². The monoisotopic (exact) mass is 365 g/mol. The van der Waals surface area contributed by atoms with Crippen molar-refractivity contribution < 1.29 is 9.47 Å². The largest absolute Gasteiger partial charge is 0.497 e. The summed E-state index contributed by atoms with van der Waals surface area (Å²) in [6.07, 6.45) is 1.91. The van der Waals surface area contributed by atoms with E-state index in [0.29, 0.717) is 6.61 Å². The molecule has 0 atom stereocenters. The van der Waals surface area contributed by atoms with E-state index in [2.05, 4.69) is 36.4 Å². The predicted octanol–water partition coefficient (Wildman–Crippen LogP) is 6.13. The van der Waals surface area contributed by atoms with Crippen molar-refractivity contribution in [1.29, 1.82) is 0 Å². The lowest BCUT2D eigenvalue weighted by atomic mass is 10.0. The summed E-state index contributed by atoms with van der Waals surface area (Å²) in [4.78, 5) is 4.76. The lowest BCUT2D eigenvalue weighted by Gasteiger charge is -2.12. The first-order valence-corrected chi connectivity index (χ1v) is 9.28. The lowest BCUT2D eigenvalue weighted by Crippen LogP contribution is -1.96. The van der Waals surface area contributed by atoms with Crippen molar-refractivity contribution in [3.05, 3.63) is 90.6 Å². The van der Waals surface area contributed by atoms with Gasteiger partial charge < -0.3 is 9.47 Å². The van der Waals surface area contributed by atoms with Crippen LogP contribution in [0.5, 0.6) is 11.5 Å². The number of benzene rings is 4. The Kier molecular flexibility index (Phi) is 4.06. The van der Waals surface area contributed by atoms with Crippen molar-refractivity contribution in [1.82, 2.24) is 4.98 Å². The fourth-order valence-electron chi connectivity index (χ4n) is 3.68. The summed E-state index contributed by atoms with van der Waals surface area (Å²) in [6, 6.07) is 26.7. The number of rotatable bonds is 4. The van der Waals surface area contributed by atoms with Gasteiger partial charge in [-0.05, 0) is 41.3 Å². The Balaban J connectivity index is 1.63. The zero-order chi connectivity index (χ0) is 18.9. The van der Waals surface area contributed by atoms with E-state index in [1.807, 2.05) is 48.7 Å². The molecule has 5 aromatic rings. The molecule has 4 aromatic carbocycles. The molecule has 0 unspecified atom stereocenters. The van der Waals surface area contributed by atoms with E-state index in [4.69, 9.17) is 14.5 Å². The summed E-state index contributed by atoms with van der Waals surface area (Å²) in [5, 5.41) is 5.55. The Bertz CT molecular complexity index is 1300. The molecule has 1 aromatic heterocycles. The van der Waals surface area contributed by atoms with Gasteiger partial charge in [0.15, 0.2) is 0 Å². The third-order valence-electron chi connectivity index (χ3n) is 5.11. The van der Waals surface area contributed by atoms with Gasteiger partial charge in [-0.1, -0.05) is 48.5 Å². The first-order valence-electron chi connectivity index (χ1n) is 9.28. The van der Waals surface area contributed by atoms with Gasteiger partial charge in [-0.25, -0.2) is 0 Å². The summed E-state index contributed by atoms with van der Waals surface area (Å²) in [5.74, 6) is 1.71. The van der Waals surface area contributed by atoms with Crippen LogP contribution >= 0.6 is 0 Å². The van der Waals surface area contributed by atoms with Crippen molar-refractivity contribution in [3.63, 3.8) is 0 Å². The summed E-state index contributed by atoms with van der Waals surface area (Å²) < 4.78 is 11.5. The van der Waals surface area contributed by atoms with Crippen LogP contribution in [0.3, 0.4) is 0 Å². The molecule has 0 radical (unpaired) electrons. The standard InChI is InChI=1S/C25H19NO2/c1-27-19-10-11-20-18(14-19)15-26-25-22-8-5-9-24(21(22)12-13-23(20)25)28-16-17-6-3-2-4-7-17/h2-15H,16H2,1H3. The molecule has 3 nitrogen and oxygen atoms in total. The molecule has 0 aliphatic rings. The van der Waals surface area contributed by atoms with Crippen LogP contribution in [0, 0.1) is 0 Å². The van der Waals surface area contributed by atoms with E-state index < -0.39 is 0 Å². The molecule has 0 amide bonds. The number of fused-ring (bicyclic) bond motifs is 5. The minimum absolute atomic E-state index is 0.545. The molecule has 3 heteroatoms. The number of hydrogen-bond acceptors (Lipinski definition) is 3. The maximum atomic E-state index is 6.13. The van der Waals surface area contributed by atoms with Gasteiger partial charge in [0.05, 0.1) is 12.6 Å². The van der Waals surface area contributed by atoms with Gasteiger partial charge in [0.2, 0.25) is 0 Å². The normalized spacial score (nSPS) is 11.2. The average molecular weight is 365 g/mol. The zero-order valence-corrected chi connectivity index (χ0v) is 15.6. The summed E-state index contributed by atoms with van der Waals surface area (Å²) in [5.41, 5.74) is 2.14. The number of pyridine rings is 1. The molecule has 0 spiro atoms. The van der Waals surface area contributed by atoms with E-state index in [0.717, 1.165) is 44.1 Å². The Morgan fingerprint density at radius 1 is 0.750 bits per heavy atom. The van der Waals surface area contributed by atoms with Crippen molar-refractivity contribution in [2.24, 2.45) is 0 Å². The summed E-state index contributed by atoms with van der Waals surface area (Å²) >= 11 is 0. The number of nitrogens with zero attached hydrogens (tertiary/aromatic N) is 1. The summed E-state index contributed by atoms with van der Waals surface area (Å²) in [6.45, 7) is 0.545. The third-order valence-corrected chi connectivity index (χ3v) is 5.11. The molecule has 0 aliphatic heterocycles. The molecule has 1 heterocycles. The lowest BCUT2D eigenvalue weighted by molar-refractivity contribution is 0.310. The molecule has 0 aliphatic carbocycles. The van der Waals surface area contributed by atoms with Crippen molar-refractivity contribution >= 4 is 32.4 Å². The number of aromatic nitrogens is 1. The van der Waals surface area contributed by atoms with Gasteiger partial charge >= 0.3 is 0 Å². The zero-order valence-electron chi connectivity index (χ0n) is 15.6. The summed E-state index contributed by atoms with van der Waals surface area (Å²) in [7, 11) is 1.68. The van der Waals surface area contributed by atoms with E-state index in [9.17, 15) is 0 Å². The maximum Gasteiger partial charge on any atom is 0.127 e. The highest BCUT2D eigenvalue weighted by molar-refractivity contribution is 6.16. The van der Waals surface area contributed by atoms with Gasteiger partial charge in [-0.2, -0.15) is 0 Å². The van der Waals surface area contributed by atoms with Crippen molar-refractivity contribution in [2.75, 3.05) is 7.11 Å². The Morgan fingerprint density at radius 2 is 1.54 bits per heavy atom. The van der Waals surface area contributed by atoms with E-state index >= 15 is 0 Å². The van der Waals surface area contributed by atoms with Crippen molar-refractivity contribution in [3.8, 4) is 11.5 Å². The fourth-order valence-corrected chi connectivity index (χ4v) is 3.68. The molecule has 0 saturated heterocycles. The second kappa shape index (κ2) is 6.86. The Labute approximate surface area is 163 Å². The molecule has 28 heavy (non-hydrogen) atoms. The molecular formula is C25H19NO2. The quantitative estimate of drug-likeness (QED) is 0.359. The highest BCUT2D eigenvalue weighted by Crippen LogP contribution is 2.34. The van der Waals surface area contributed by atoms with Crippen LogP contribution < -0.4 is 9.47 Å². The predicted molar refractivity (Wildman–Crippen MR) is 114 cm³/mol. The van der Waals surface area contributed by atoms with Crippen LogP contribution in [0.2, 0.25) is 0 Å². The SMILES string of the molecule is COc1ccc2c(cnc3c4cccc(OCc5ccccc5)c4ccc23)c1. The van der Waals surface area contributed by atoms with Gasteiger partial charge in [-0.3, -0.25) is 4.98 Å². The molecule has 0 saturated carbocycles. The maximum absolute atomic E-state index is 6.13. The fraction of sp³-hybridized carbons (Fsp3) is 0.0800. The van der Waals surface area contributed by atoms with Gasteiger partial charge in [-0.15, -0.1) is 0 Å². The van der Waals surface area contributed by atoms with Crippen LogP contribution in [0.4, 0.5) is 0 Å². The Morgan fingerprint density at radius 3 is 2.39 bits per heavy atom. The molecule has 0 fully saturated rings. The molecule has 0 N–H and O–H groups in total. The molecule has 136 valence electrons. The first kappa shape index (κ1) is 16.6. The second-order valence-electron chi connectivity index (χ2n) is 6.80. The minimum atomic E-state index is 0.545. The smallest absolute Gasteiger partial charge is 0.127 e. The third kappa shape index (κ3) is 2.81. The topological polar surface area (TPSA) is 31.4 Å². The second-order valence-corrected chi connectivity index (χ2v) is 6.80. The molecule has 5 rings (SSSR count). The highest BCUT2D eigenvalue weighted by Gasteiger charge is 2.10. The number of ether oxygens (including phenoxy) is 2. The van der Waals surface area contributed by atoms with Gasteiger partial charge in [0, 0.05) is 27.7 Å². The van der Waals surface area contributed by atoms with Gasteiger partial charge in [0.25, 0.3) is 0 Å². The van der Waals surface area contributed by atoms with Crippen LogP contribution in [0.15, 0.2) is 85.1 Å². The minimum Gasteiger partial charge on any atom is -0.497 e. The van der Waals surface area contributed by atoms with E-state index in [-0.39, 0.29) is 0 Å². The first-order chi connectivity index (χ1) is 13.8. The Hall–Kier alpha value is -3.59. The van der Waals surface area contributed by atoms with E-state index in [1.165, 1.54) is 5.39 Å². The number of methoxy groups -OCH3 is 1. The van der Waals surface area contributed by atoms with E-state index in [1.54, 1.807) is 7.11 Å². The average Bonchev–Trinajstić information content (AvgIpc) is 2.77. The van der Waals surface area contributed by atoms with Gasteiger partial charge in [0.1, 0.15) is 18.1 Å². The van der Waals surface area contributed by atoms with Crippen LogP contribution in [0.1, 0.15) is 5.56 Å². The van der Waals surface area contributed by atoms with Crippen LogP contribution in [0.25, 0.3) is 32.4 Å².